The molecule has 0 N–H and O–H groups in total. The number of ether oxygens (including phenoxy) is 1. The fraction of sp³-hybridized carbons (Fsp3) is 0.562. The Hall–Kier alpha value is -1.51. The summed E-state index contributed by atoms with van der Waals surface area (Å²) < 4.78 is 5.65. The molecule has 0 saturated heterocycles. The van der Waals surface area contributed by atoms with Gasteiger partial charge in [-0.3, -0.25) is 4.79 Å². The number of carbonyl (C=O) groups excluding carboxylic acids is 1. The molecule has 1 aromatic carbocycles. The van der Waals surface area contributed by atoms with E-state index in [1.54, 1.807) is 4.90 Å². The number of hydrogen-bond donors (Lipinski definition) is 0. The highest BCUT2D eigenvalue weighted by Gasteiger charge is 2.16. The van der Waals surface area contributed by atoms with Crippen molar-refractivity contribution in [3.05, 3.63) is 29.8 Å². The van der Waals surface area contributed by atoms with E-state index in [2.05, 4.69) is 27.7 Å². The van der Waals surface area contributed by atoms with E-state index in [0.717, 1.165) is 12.2 Å². The van der Waals surface area contributed by atoms with Gasteiger partial charge in [-0.05, 0) is 37.5 Å². The van der Waals surface area contributed by atoms with Gasteiger partial charge in [0.1, 0.15) is 5.75 Å². The molecule has 3 heteroatoms. The molecular weight excluding hydrogens is 238 g/mol. The van der Waals surface area contributed by atoms with E-state index in [4.69, 9.17) is 4.74 Å². The monoisotopic (exact) mass is 263 g/mol. The third-order valence-electron chi connectivity index (χ3n) is 3.24. The van der Waals surface area contributed by atoms with Gasteiger partial charge in [0.05, 0.1) is 6.61 Å². The highest BCUT2D eigenvalue weighted by molar-refractivity contribution is 5.94. The van der Waals surface area contributed by atoms with Gasteiger partial charge in [-0.25, -0.2) is 0 Å². The molecule has 19 heavy (non-hydrogen) atoms. The molecule has 0 spiro atoms. The predicted molar refractivity (Wildman–Crippen MR) is 78.6 cm³/mol. The summed E-state index contributed by atoms with van der Waals surface area (Å²) in [5.74, 6) is 1.28. The first kappa shape index (κ1) is 15.5. The molecular formula is C16H25NO2. The Bertz CT molecular complexity index is 415. The molecule has 1 amide bonds. The Kier molecular flexibility index (Phi) is 5.87. The zero-order chi connectivity index (χ0) is 14.4. The lowest BCUT2D eigenvalue weighted by Gasteiger charge is -2.24. The summed E-state index contributed by atoms with van der Waals surface area (Å²) in [6.07, 6.45) is 0.950. The lowest BCUT2D eigenvalue weighted by Crippen LogP contribution is -2.34. The van der Waals surface area contributed by atoms with E-state index in [1.807, 2.05) is 31.3 Å². The van der Waals surface area contributed by atoms with E-state index in [1.165, 1.54) is 0 Å². The van der Waals surface area contributed by atoms with Crippen molar-refractivity contribution < 1.29 is 9.53 Å². The number of carbonyl (C=O) groups is 1. The Morgan fingerprint density at radius 3 is 2.58 bits per heavy atom. The van der Waals surface area contributed by atoms with Crippen molar-refractivity contribution in [1.82, 2.24) is 4.90 Å². The van der Waals surface area contributed by atoms with Crippen LogP contribution in [0.15, 0.2) is 24.3 Å². The summed E-state index contributed by atoms with van der Waals surface area (Å²) in [5, 5.41) is 0. The Labute approximate surface area is 116 Å². The molecule has 0 fully saturated rings. The summed E-state index contributed by atoms with van der Waals surface area (Å²) in [6, 6.07) is 7.66. The van der Waals surface area contributed by atoms with Crippen molar-refractivity contribution in [2.75, 3.05) is 13.7 Å². The molecule has 1 rings (SSSR count). The van der Waals surface area contributed by atoms with Crippen LogP contribution in [-0.4, -0.2) is 30.5 Å². The third kappa shape index (κ3) is 4.58. The molecule has 0 aliphatic rings. The zero-order valence-electron chi connectivity index (χ0n) is 12.6. The second kappa shape index (κ2) is 7.17. The first-order valence-electron chi connectivity index (χ1n) is 6.95. The molecule has 0 radical (unpaired) electrons. The van der Waals surface area contributed by atoms with Crippen LogP contribution < -0.4 is 4.74 Å². The average molecular weight is 263 g/mol. The minimum absolute atomic E-state index is 0.0457. The maximum Gasteiger partial charge on any atom is 0.253 e. The fourth-order valence-corrected chi connectivity index (χ4v) is 1.66. The first-order chi connectivity index (χ1) is 8.95. The molecule has 0 heterocycles. The predicted octanol–water partition coefficient (Wildman–Crippen LogP) is 3.59. The Morgan fingerprint density at radius 1 is 1.32 bits per heavy atom. The van der Waals surface area contributed by atoms with E-state index < -0.39 is 0 Å². The van der Waals surface area contributed by atoms with Crippen molar-refractivity contribution >= 4 is 5.91 Å². The molecule has 0 bridgehead atoms. The zero-order valence-corrected chi connectivity index (χ0v) is 12.6. The average Bonchev–Trinajstić information content (AvgIpc) is 2.42. The minimum atomic E-state index is 0.0457. The lowest BCUT2D eigenvalue weighted by molar-refractivity contribution is 0.0740. The smallest absolute Gasteiger partial charge is 0.253 e. The van der Waals surface area contributed by atoms with E-state index >= 15 is 0 Å². The van der Waals surface area contributed by atoms with Gasteiger partial charge in [-0.15, -0.1) is 0 Å². The van der Waals surface area contributed by atoms with Crippen molar-refractivity contribution in [2.24, 2.45) is 5.92 Å². The molecule has 3 nitrogen and oxygen atoms in total. The van der Waals surface area contributed by atoms with Gasteiger partial charge in [0.15, 0.2) is 0 Å². The SMILES string of the molecule is CCC(C)N(C)C(=O)c1cccc(OCC(C)C)c1. The molecule has 0 aromatic heterocycles. The topological polar surface area (TPSA) is 29.5 Å². The summed E-state index contributed by atoms with van der Waals surface area (Å²) in [6.45, 7) is 9.00. The third-order valence-corrected chi connectivity index (χ3v) is 3.24. The minimum Gasteiger partial charge on any atom is -0.493 e. The molecule has 0 aliphatic carbocycles. The molecule has 1 aromatic rings. The van der Waals surface area contributed by atoms with Gasteiger partial charge in [0.2, 0.25) is 0 Å². The lowest BCUT2D eigenvalue weighted by atomic mass is 10.1. The van der Waals surface area contributed by atoms with Crippen LogP contribution in [0.3, 0.4) is 0 Å². The number of hydrogen-bond acceptors (Lipinski definition) is 2. The second-order valence-electron chi connectivity index (χ2n) is 5.41. The molecule has 1 unspecified atom stereocenters. The van der Waals surface area contributed by atoms with Crippen molar-refractivity contribution in [3.8, 4) is 5.75 Å². The Balaban J connectivity index is 2.78. The van der Waals surface area contributed by atoms with E-state index in [-0.39, 0.29) is 11.9 Å². The second-order valence-corrected chi connectivity index (χ2v) is 5.41. The van der Waals surface area contributed by atoms with Crippen LogP contribution in [0.2, 0.25) is 0 Å². The van der Waals surface area contributed by atoms with Crippen molar-refractivity contribution in [1.29, 1.82) is 0 Å². The van der Waals surface area contributed by atoms with Crippen LogP contribution in [0.5, 0.6) is 5.75 Å². The standard InChI is InChI=1S/C16H25NO2/c1-6-13(4)17(5)16(18)14-8-7-9-15(10-14)19-11-12(2)3/h7-10,12-13H,6,11H2,1-5H3. The van der Waals surface area contributed by atoms with Crippen molar-refractivity contribution in [2.45, 2.75) is 40.2 Å². The summed E-state index contributed by atoms with van der Waals surface area (Å²) in [7, 11) is 1.85. The number of rotatable bonds is 6. The van der Waals surface area contributed by atoms with Gasteiger partial charge < -0.3 is 9.64 Å². The number of benzene rings is 1. The van der Waals surface area contributed by atoms with Gasteiger partial charge in [0.25, 0.3) is 5.91 Å². The Morgan fingerprint density at radius 2 is 2.00 bits per heavy atom. The van der Waals surface area contributed by atoms with Crippen LogP contribution in [0, 0.1) is 5.92 Å². The van der Waals surface area contributed by atoms with Gasteiger partial charge in [-0.2, -0.15) is 0 Å². The first-order valence-corrected chi connectivity index (χ1v) is 6.95. The highest BCUT2D eigenvalue weighted by Crippen LogP contribution is 2.16. The van der Waals surface area contributed by atoms with E-state index in [9.17, 15) is 4.79 Å². The fourth-order valence-electron chi connectivity index (χ4n) is 1.66. The molecule has 0 saturated carbocycles. The molecule has 0 aliphatic heterocycles. The van der Waals surface area contributed by atoms with Crippen LogP contribution >= 0.6 is 0 Å². The summed E-state index contributed by atoms with van der Waals surface area (Å²) in [5.41, 5.74) is 0.684. The highest BCUT2D eigenvalue weighted by atomic mass is 16.5. The normalized spacial score (nSPS) is 12.3. The van der Waals surface area contributed by atoms with Crippen molar-refractivity contribution in [3.63, 3.8) is 0 Å². The largest absolute Gasteiger partial charge is 0.493 e. The molecule has 106 valence electrons. The van der Waals surface area contributed by atoms with Crippen LogP contribution in [0.4, 0.5) is 0 Å². The summed E-state index contributed by atoms with van der Waals surface area (Å²) >= 11 is 0. The molecule has 1 atom stereocenters. The number of nitrogens with zero attached hydrogens (tertiary/aromatic N) is 1. The number of amides is 1. The summed E-state index contributed by atoms with van der Waals surface area (Å²) in [4.78, 5) is 14.1. The maximum absolute atomic E-state index is 12.3. The van der Waals surface area contributed by atoms with Gasteiger partial charge in [0, 0.05) is 18.7 Å². The maximum atomic E-state index is 12.3. The van der Waals surface area contributed by atoms with Crippen LogP contribution in [0.1, 0.15) is 44.5 Å². The van der Waals surface area contributed by atoms with Crippen LogP contribution in [-0.2, 0) is 0 Å². The van der Waals surface area contributed by atoms with Gasteiger partial charge >= 0.3 is 0 Å². The van der Waals surface area contributed by atoms with Gasteiger partial charge in [-0.1, -0.05) is 26.8 Å². The van der Waals surface area contributed by atoms with E-state index in [0.29, 0.717) is 18.1 Å². The van der Waals surface area contributed by atoms with Crippen LogP contribution in [0.25, 0.3) is 0 Å². The quantitative estimate of drug-likeness (QED) is 0.785.